The Hall–Kier alpha value is -3.62. The first-order valence-corrected chi connectivity index (χ1v) is 12.5. The summed E-state index contributed by atoms with van der Waals surface area (Å²) in [5.74, 6) is 1.11. The second-order valence-corrected chi connectivity index (χ2v) is 9.56. The van der Waals surface area contributed by atoms with E-state index in [1.807, 2.05) is 42.5 Å². The van der Waals surface area contributed by atoms with E-state index >= 15 is 0 Å². The Kier molecular flexibility index (Phi) is 7.23. The molecule has 35 heavy (non-hydrogen) atoms. The molecule has 0 saturated heterocycles. The van der Waals surface area contributed by atoms with Crippen LogP contribution in [0.4, 0.5) is 0 Å². The number of hydrogen-bond acceptors (Lipinski definition) is 6. The van der Waals surface area contributed by atoms with Crippen LogP contribution in [0.15, 0.2) is 66.7 Å². The molecule has 0 amide bonds. The summed E-state index contributed by atoms with van der Waals surface area (Å²) in [7, 11) is -2.68. The normalized spacial score (nSPS) is 11.4. The van der Waals surface area contributed by atoms with Crippen molar-refractivity contribution in [2.24, 2.45) is 0 Å². The monoisotopic (exact) mass is 496 g/mol. The fourth-order valence-electron chi connectivity index (χ4n) is 3.60. The maximum Gasteiger partial charge on any atom is 0.328 e. The van der Waals surface area contributed by atoms with Gasteiger partial charge in [0.25, 0.3) is 0 Å². The third-order valence-electron chi connectivity index (χ3n) is 5.36. The molecule has 10 heteroatoms. The van der Waals surface area contributed by atoms with Gasteiger partial charge in [-0.05, 0) is 36.4 Å². The average Bonchev–Trinajstić information content (AvgIpc) is 3.30. The van der Waals surface area contributed by atoms with Gasteiger partial charge >= 0.3 is 7.60 Å². The standard InChI is InChI=1S/C25H25N2O7P/c1-33-21-14-18(13-19(15-28)24(21)29)25-26-22(16-5-3-2-4-6-16)23(27-25)17-7-9-20(10-8-17)34-11-12-35(30,31)32/h2-10,13-14,28-29H,11-12,15H2,1H3,(H,26,27)(H2,30,31,32). The van der Waals surface area contributed by atoms with Gasteiger partial charge in [0, 0.05) is 22.3 Å². The lowest BCUT2D eigenvalue weighted by Crippen LogP contribution is -2.03. The first-order chi connectivity index (χ1) is 16.8. The van der Waals surface area contributed by atoms with Crippen molar-refractivity contribution in [1.29, 1.82) is 0 Å². The van der Waals surface area contributed by atoms with Crippen LogP contribution in [0.2, 0.25) is 0 Å². The Morgan fingerprint density at radius 2 is 1.69 bits per heavy atom. The molecule has 9 nitrogen and oxygen atoms in total. The molecule has 0 fully saturated rings. The van der Waals surface area contributed by atoms with E-state index in [4.69, 9.17) is 24.2 Å². The third-order valence-corrected chi connectivity index (χ3v) is 6.13. The van der Waals surface area contributed by atoms with Gasteiger partial charge in [0.1, 0.15) is 11.6 Å². The van der Waals surface area contributed by atoms with Crippen LogP contribution < -0.4 is 9.47 Å². The van der Waals surface area contributed by atoms with Crippen LogP contribution in [-0.4, -0.2) is 49.8 Å². The zero-order chi connectivity index (χ0) is 25.0. The molecule has 0 aliphatic heterocycles. The number of rotatable bonds is 9. The second-order valence-electron chi connectivity index (χ2n) is 7.78. The van der Waals surface area contributed by atoms with Gasteiger partial charge < -0.3 is 34.5 Å². The van der Waals surface area contributed by atoms with Crippen molar-refractivity contribution in [2.45, 2.75) is 6.61 Å². The van der Waals surface area contributed by atoms with E-state index < -0.39 is 7.60 Å². The van der Waals surface area contributed by atoms with Gasteiger partial charge in [-0.2, -0.15) is 0 Å². The minimum absolute atomic E-state index is 0.0959. The van der Waals surface area contributed by atoms with Crippen molar-refractivity contribution in [3.05, 3.63) is 72.3 Å². The number of benzene rings is 3. The smallest absolute Gasteiger partial charge is 0.328 e. The van der Waals surface area contributed by atoms with E-state index in [0.29, 0.717) is 28.4 Å². The average molecular weight is 496 g/mol. The van der Waals surface area contributed by atoms with E-state index in [2.05, 4.69) is 4.98 Å². The lowest BCUT2D eigenvalue weighted by Gasteiger charge is -2.09. The summed E-state index contributed by atoms with van der Waals surface area (Å²) in [6.45, 7) is -0.458. The molecular formula is C25H25N2O7P. The minimum atomic E-state index is -4.12. The molecule has 0 saturated carbocycles. The summed E-state index contributed by atoms with van der Waals surface area (Å²) < 4.78 is 21.7. The molecule has 0 spiro atoms. The number of aromatic nitrogens is 2. The molecule has 4 rings (SSSR count). The zero-order valence-corrected chi connectivity index (χ0v) is 19.8. The Morgan fingerprint density at radius 1 is 0.971 bits per heavy atom. The van der Waals surface area contributed by atoms with Crippen molar-refractivity contribution in [3.8, 4) is 51.2 Å². The number of aromatic hydroxyl groups is 1. The van der Waals surface area contributed by atoms with Gasteiger partial charge in [0.05, 0.1) is 37.9 Å². The molecule has 5 N–H and O–H groups in total. The predicted octanol–water partition coefficient (Wildman–Crippen LogP) is 4.17. The zero-order valence-electron chi connectivity index (χ0n) is 18.9. The summed E-state index contributed by atoms with van der Waals surface area (Å²) in [5, 5.41) is 19.9. The van der Waals surface area contributed by atoms with E-state index in [0.717, 1.165) is 16.8 Å². The van der Waals surface area contributed by atoms with Gasteiger partial charge in [-0.15, -0.1) is 0 Å². The molecule has 0 bridgehead atoms. The Morgan fingerprint density at radius 3 is 2.31 bits per heavy atom. The van der Waals surface area contributed by atoms with Crippen molar-refractivity contribution in [1.82, 2.24) is 9.97 Å². The van der Waals surface area contributed by atoms with Crippen LogP contribution in [0.5, 0.6) is 17.2 Å². The topological polar surface area (TPSA) is 145 Å². The summed E-state index contributed by atoms with van der Waals surface area (Å²) in [5.41, 5.74) is 4.09. The van der Waals surface area contributed by atoms with Gasteiger partial charge in [-0.3, -0.25) is 4.57 Å². The van der Waals surface area contributed by atoms with Crippen molar-refractivity contribution >= 4 is 7.60 Å². The summed E-state index contributed by atoms with van der Waals surface area (Å²) >= 11 is 0. The van der Waals surface area contributed by atoms with Crippen molar-refractivity contribution in [3.63, 3.8) is 0 Å². The summed E-state index contributed by atoms with van der Waals surface area (Å²) in [6, 6.07) is 20.0. The van der Waals surface area contributed by atoms with Crippen molar-refractivity contribution in [2.75, 3.05) is 19.9 Å². The lowest BCUT2D eigenvalue weighted by atomic mass is 10.1. The van der Waals surface area contributed by atoms with E-state index in [-0.39, 0.29) is 30.9 Å². The molecule has 0 unspecified atom stereocenters. The molecule has 0 radical (unpaired) electrons. The highest BCUT2D eigenvalue weighted by molar-refractivity contribution is 7.51. The number of imidazole rings is 1. The van der Waals surface area contributed by atoms with Gasteiger partial charge in [0.2, 0.25) is 0 Å². The second kappa shape index (κ2) is 10.3. The fraction of sp³-hybridized carbons (Fsp3) is 0.160. The van der Waals surface area contributed by atoms with E-state index in [1.165, 1.54) is 7.11 Å². The van der Waals surface area contributed by atoms with E-state index in [9.17, 15) is 14.8 Å². The number of phenols is 1. The summed E-state index contributed by atoms with van der Waals surface area (Å²) in [6.07, 6.45) is -0.360. The highest BCUT2D eigenvalue weighted by Crippen LogP contribution is 2.38. The first kappa shape index (κ1) is 24.5. The molecule has 1 aromatic heterocycles. The summed E-state index contributed by atoms with van der Waals surface area (Å²) in [4.78, 5) is 26.1. The molecule has 0 atom stereocenters. The number of aliphatic hydroxyl groups excluding tert-OH is 1. The molecule has 182 valence electrons. The Bertz CT molecular complexity index is 1320. The highest BCUT2D eigenvalue weighted by atomic mass is 31.2. The van der Waals surface area contributed by atoms with Crippen LogP contribution in [0, 0.1) is 0 Å². The van der Waals surface area contributed by atoms with Gasteiger partial charge in [-0.25, -0.2) is 4.98 Å². The van der Waals surface area contributed by atoms with Crippen LogP contribution in [0.1, 0.15) is 5.56 Å². The quantitative estimate of drug-likeness (QED) is 0.217. The number of aromatic amines is 1. The molecular weight excluding hydrogens is 471 g/mol. The molecule has 0 aliphatic rings. The Balaban J connectivity index is 1.73. The largest absolute Gasteiger partial charge is 0.504 e. The number of H-pyrrole nitrogens is 1. The minimum Gasteiger partial charge on any atom is -0.504 e. The van der Waals surface area contributed by atoms with Crippen LogP contribution in [0.25, 0.3) is 33.9 Å². The number of nitrogens with one attached hydrogen (secondary N) is 1. The van der Waals surface area contributed by atoms with Gasteiger partial charge in [0.15, 0.2) is 11.5 Å². The maximum atomic E-state index is 11.0. The number of nitrogens with zero attached hydrogens (tertiary/aromatic N) is 1. The van der Waals surface area contributed by atoms with E-state index in [1.54, 1.807) is 24.3 Å². The molecule has 1 heterocycles. The van der Waals surface area contributed by atoms with Gasteiger partial charge in [-0.1, -0.05) is 30.3 Å². The first-order valence-electron chi connectivity index (χ1n) is 10.7. The number of hydrogen-bond donors (Lipinski definition) is 5. The third kappa shape index (κ3) is 5.72. The lowest BCUT2D eigenvalue weighted by molar-refractivity contribution is 0.272. The van der Waals surface area contributed by atoms with Crippen molar-refractivity contribution < 1.29 is 34.0 Å². The predicted molar refractivity (Wildman–Crippen MR) is 131 cm³/mol. The molecule has 3 aromatic carbocycles. The molecule has 4 aromatic rings. The molecule has 0 aliphatic carbocycles. The van der Waals surface area contributed by atoms with Crippen LogP contribution in [-0.2, 0) is 11.2 Å². The number of ether oxygens (including phenoxy) is 2. The SMILES string of the molecule is COc1cc(-c2nc(-c3ccc(OCCP(=O)(O)O)cc3)c(-c3ccccc3)[nH]2)cc(CO)c1O. The highest BCUT2D eigenvalue weighted by Gasteiger charge is 2.18. The number of aliphatic hydroxyl groups is 1. The van der Waals surface area contributed by atoms with Crippen LogP contribution >= 0.6 is 7.60 Å². The fourth-order valence-corrected chi connectivity index (χ4v) is 3.93. The number of methoxy groups -OCH3 is 1. The Labute approximate surface area is 201 Å². The maximum absolute atomic E-state index is 11.0. The van der Waals surface area contributed by atoms with Crippen LogP contribution in [0.3, 0.4) is 0 Å².